The molecule has 1 aliphatic heterocycles. The van der Waals surface area contributed by atoms with Gasteiger partial charge in [-0.3, -0.25) is 4.90 Å². The fourth-order valence-corrected chi connectivity index (χ4v) is 2.85. The predicted molar refractivity (Wildman–Crippen MR) is 89.8 cm³/mol. The summed E-state index contributed by atoms with van der Waals surface area (Å²) >= 11 is 0. The number of pyridine rings is 1. The van der Waals surface area contributed by atoms with Crippen LogP contribution in [0.3, 0.4) is 0 Å². The van der Waals surface area contributed by atoms with Crippen molar-refractivity contribution in [3.05, 3.63) is 41.5 Å². The minimum Gasteiger partial charge on any atom is -0.481 e. The van der Waals surface area contributed by atoms with Crippen LogP contribution in [0, 0.1) is 13.8 Å². The molecule has 2 aromatic heterocycles. The molecule has 0 radical (unpaired) electrons. The van der Waals surface area contributed by atoms with Gasteiger partial charge in [-0.05, 0) is 19.9 Å². The van der Waals surface area contributed by atoms with Gasteiger partial charge in [0.05, 0.1) is 12.8 Å². The molecule has 0 N–H and O–H groups in total. The Morgan fingerprint density at radius 3 is 2.61 bits per heavy atom. The van der Waals surface area contributed by atoms with Crippen LogP contribution in [0.1, 0.15) is 17.0 Å². The van der Waals surface area contributed by atoms with Gasteiger partial charge in [0.2, 0.25) is 5.88 Å². The number of anilines is 1. The molecule has 0 bridgehead atoms. The number of methoxy groups -OCH3 is 1. The van der Waals surface area contributed by atoms with E-state index < -0.39 is 0 Å². The van der Waals surface area contributed by atoms with Gasteiger partial charge in [0, 0.05) is 50.0 Å². The highest BCUT2D eigenvalue weighted by molar-refractivity contribution is 5.47. The second-order valence-corrected chi connectivity index (χ2v) is 5.84. The lowest BCUT2D eigenvalue weighted by molar-refractivity contribution is 0.245. The maximum absolute atomic E-state index is 5.19. The normalized spacial score (nSPS) is 15.7. The van der Waals surface area contributed by atoms with E-state index in [4.69, 9.17) is 4.74 Å². The molecule has 122 valence electrons. The number of aryl methyl sites for hydroxylation is 1. The smallest absolute Gasteiger partial charge is 0.213 e. The lowest BCUT2D eigenvalue weighted by atomic mass is 10.2. The summed E-state index contributed by atoms with van der Waals surface area (Å²) in [7, 11) is 1.65. The number of piperazine rings is 1. The molecule has 3 heterocycles. The summed E-state index contributed by atoms with van der Waals surface area (Å²) in [5, 5.41) is 0. The van der Waals surface area contributed by atoms with Crippen LogP contribution in [-0.2, 0) is 6.54 Å². The van der Waals surface area contributed by atoms with E-state index in [9.17, 15) is 0 Å². The fourth-order valence-electron chi connectivity index (χ4n) is 2.85. The number of nitrogens with zero attached hydrogens (tertiary/aromatic N) is 5. The maximum Gasteiger partial charge on any atom is 0.213 e. The minimum absolute atomic E-state index is 0.674. The molecule has 6 heteroatoms. The standard InChI is InChI=1S/C17H23N5O/c1-13-14(2)18-12-19-17(13)22-9-7-21(8-10-22)11-15-5-4-6-16(20-15)23-3/h4-6,12H,7-11H2,1-3H3. The Labute approximate surface area is 137 Å². The summed E-state index contributed by atoms with van der Waals surface area (Å²) in [4.78, 5) is 18.0. The van der Waals surface area contributed by atoms with Crippen LogP contribution >= 0.6 is 0 Å². The van der Waals surface area contributed by atoms with Crippen LogP contribution in [0.4, 0.5) is 5.82 Å². The molecule has 2 aromatic rings. The van der Waals surface area contributed by atoms with Crippen molar-refractivity contribution in [2.75, 3.05) is 38.2 Å². The average Bonchev–Trinajstić information content (AvgIpc) is 2.58. The van der Waals surface area contributed by atoms with Gasteiger partial charge in [-0.25, -0.2) is 15.0 Å². The molecule has 0 spiro atoms. The van der Waals surface area contributed by atoms with Gasteiger partial charge in [0.25, 0.3) is 0 Å². The summed E-state index contributed by atoms with van der Waals surface area (Å²) in [5.41, 5.74) is 3.28. The van der Waals surface area contributed by atoms with Crippen LogP contribution in [0.5, 0.6) is 5.88 Å². The summed E-state index contributed by atoms with van der Waals surface area (Å²) in [6.45, 7) is 8.93. The number of ether oxygens (including phenoxy) is 1. The van der Waals surface area contributed by atoms with Crippen molar-refractivity contribution in [3.63, 3.8) is 0 Å². The highest BCUT2D eigenvalue weighted by atomic mass is 16.5. The van der Waals surface area contributed by atoms with Gasteiger partial charge in [-0.2, -0.15) is 0 Å². The first-order chi connectivity index (χ1) is 11.2. The van der Waals surface area contributed by atoms with E-state index >= 15 is 0 Å². The molecule has 1 aliphatic rings. The molecule has 0 aliphatic carbocycles. The van der Waals surface area contributed by atoms with Crippen molar-refractivity contribution in [1.29, 1.82) is 0 Å². The molecule has 0 aromatic carbocycles. The van der Waals surface area contributed by atoms with Gasteiger partial charge < -0.3 is 9.64 Å². The van der Waals surface area contributed by atoms with Crippen molar-refractivity contribution >= 4 is 5.82 Å². The highest BCUT2D eigenvalue weighted by Crippen LogP contribution is 2.20. The van der Waals surface area contributed by atoms with Crippen molar-refractivity contribution in [3.8, 4) is 5.88 Å². The molecule has 1 saturated heterocycles. The van der Waals surface area contributed by atoms with Crippen LogP contribution in [0.2, 0.25) is 0 Å². The average molecular weight is 313 g/mol. The van der Waals surface area contributed by atoms with E-state index in [2.05, 4.69) is 31.7 Å². The molecule has 23 heavy (non-hydrogen) atoms. The monoisotopic (exact) mass is 313 g/mol. The SMILES string of the molecule is COc1cccc(CN2CCN(c3ncnc(C)c3C)CC2)n1. The van der Waals surface area contributed by atoms with E-state index in [0.717, 1.165) is 49.9 Å². The molecule has 3 rings (SSSR count). The van der Waals surface area contributed by atoms with Gasteiger partial charge >= 0.3 is 0 Å². The Morgan fingerprint density at radius 1 is 1.09 bits per heavy atom. The Bertz CT molecular complexity index is 668. The van der Waals surface area contributed by atoms with Crippen LogP contribution in [0.15, 0.2) is 24.5 Å². The van der Waals surface area contributed by atoms with E-state index in [1.165, 1.54) is 5.56 Å². The summed E-state index contributed by atoms with van der Waals surface area (Å²) in [6.07, 6.45) is 1.66. The third-order valence-electron chi connectivity index (χ3n) is 4.36. The van der Waals surface area contributed by atoms with Crippen molar-refractivity contribution in [2.24, 2.45) is 0 Å². The first-order valence-electron chi connectivity index (χ1n) is 7.93. The first kappa shape index (κ1) is 15.7. The van der Waals surface area contributed by atoms with E-state index in [1.807, 2.05) is 25.1 Å². The largest absolute Gasteiger partial charge is 0.481 e. The zero-order valence-electron chi connectivity index (χ0n) is 14.0. The third kappa shape index (κ3) is 3.59. The maximum atomic E-state index is 5.19. The van der Waals surface area contributed by atoms with E-state index in [0.29, 0.717) is 5.88 Å². The second kappa shape index (κ2) is 6.91. The Hall–Kier alpha value is -2.21. The van der Waals surface area contributed by atoms with Crippen LogP contribution in [-0.4, -0.2) is 53.1 Å². The van der Waals surface area contributed by atoms with Crippen molar-refractivity contribution < 1.29 is 4.74 Å². The number of aromatic nitrogens is 3. The molecular formula is C17H23N5O. The molecule has 0 amide bonds. The van der Waals surface area contributed by atoms with E-state index in [1.54, 1.807) is 13.4 Å². The lowest BCUT2D eigenvalue weighted by Crippen LogP contribution is -2.46. The molecule has 0 saturated carbocycles. The van der Waals surface area contributed by atoms with Gasteiger partial charge in [-0.15, -0.1) is 0 Å². The summed E-state index contributed by atoms with van der Waals surface area (Å²) in [6, 6.07) is 5.92. The highest BCUT2D eigenvalue weighted by Gasteiger charge is 2.20. The first-order valence-corrected chi connectivity index (χ1v) is 7.93. The van der Waals surface area contributed by atoms with E-state index in [-0.39, 0.29) is 0 Å². The molecular weight excluding hydrogens is 290 g/mol. The zero-order chi connectivity index (χ0) is 16.2. The lowest BCUT2D eigenvalue weighted by Gasteiger charge is -2.35. The van der Waals surface area contributed by atoms with Crippen LogP contribution in [0.25, 0.3) is 0 Å². The minimum atomic E-state index is 0.674. The Morgan fingerprint density at radius 2 is 1.87 bits per heavy atom. The second-order valence-electron chi connectivity index (χ2n) is 5.84. The molecule has 1 fully saturated rings. The molecule has 0 atom stereocenters. The molecule has 6 nitrogen and oxygen atoms in total. The Balaban J connectivity index is 1.61. The van der Waals surface area contributed by atoms with Crippen LogP contribution < -0.4 is 9.64 Å². The number of hydrogen-bond acceptors (Lipinski definition) is 6. The third-order valence-corrected chi connectivity index (χ3v) is 4.36. The topological polar surface area (TPSA) is 54.4 Å². The number of hydrogen-bond donors (Lipinski definition) is 0. The molecule has 0 unspecified atom stereocenters. The van der Waals surface area contributed by atoms with Gasteiger partial charge in [0.15, 0.2) is 0 Å². The predicted octanol–water partition coefficient (Wildman–Crippen LogP) is 1.82. The van der Waals surface area contributed by atoms with Crippen molar-refractivity contribution in [1.82, 2.24) is 19.9 Å². The Kier molecular flexibility index (Phi) is 4.71. The van der Waals surface area contributed by atoms with Gasteiger partial charge in [-0.1, -0.05) is 6.07 Å². The zero-order valence-corrected chi connectivity index (χ0v) is 14.0. The van der Waals surface area contributed by atoms with Crippen molar-refractivity contribution in [2.45, 2.75) is 20.4 Å². The quantitative estimate of drug-likeness (QED) is 0.858. The summed E-state index contributed by atoms with van der Waals surface area (Å²) in [5.74, 6) is 1.74. The fraction of sp³-hybridized carbons (Fsp3) is 0.471. The summed E-state index contributed by atoms with van der Waals surface area (Å²) < 4.78 is 5.19. The number of rotatable bonds is 4. The van der Waals surface area contributed by atoms with Gasteiger partial charge in [0.1, 0.15) is 12.1 Å².